The maximum Gasteiger partial charge on any atom is 0.336 e. The number of benzene rings is 2. The van der Waals surface area contributed by atoms with Gasteiger partial charge in [0.25, 0.3) is 0 Å². The Labute approximate surface area is 138 Å². The molecule has 2 nitrogen and oxygen atoms in total. The molecule has 0 amide bonds. The van der Waals surface area contributed by atoms with Gasteiger partial charge in [0.1, 0.15) is 0 Å². The van der Waals surface area contributed by atoms with Crippen LogP contribution in [0.1, 0.15) is 15.9 Å². The quantitative estimate of drug-likeness (QED) is 0.595. The summed E-state index contributed by atoms with van der Waals surface area (Å²) in [5, 5.41) is 12.7. The zero-order chi connectivity index (χ0) is 14.8. The van der Waals surface area contributed by atoms with Gasteiger partial charge in [-0.3, -0.25) is 0 Å². The van der Waals surface area contributed by atoms with Crippen LogP contribution in [-0.2, 0) is 5.75 Å². The molecule has 3 aromatic rings. The lowest BCUT2D eigenvalue weighted by atomic mass is 10.2. The first kappa shape index (κ1) is 14.6. The molecule has 3 rings (SSSR count). The van der Waals surface area contributed by atoms with Crippen LogP contribution in [-0.4, -0.2) is 11.1 Å². The van der Waals surface area contributed by atoms with E-state index in [1.165, 1.54) is 15.6 Å². The normalized spacial score (nSPS) is 10.9. The molecular formula is C16H11BrO2S2. The summed E-state index contributed by atoms with van der Waals surface area (Å²) in [6, 6.07) is 13.5. The highest BCUT2D eigenvalue weighted by molar-refractivity contribution is 9.10. The molecule has 0 saturated heterocycles. The summed E-state index contributed by atoms with van der Waals surface area (Å²) >= 11 is 6.68. The molecule has 1 aromatic heterocycles. The minimum atomic E-state index is -0.889. The Morgan fingerprint density at radius 2 is 2.05 bits per heavy atom. The van der Waals surface area contributed by atoms with Gasteiger partial charge in [-0.25, -0.2) is 4.79 Å². The number of carbonyl (C=O) groups is 1. The Morgan fingerprint density at radius 3 is 2.86 bits per heavy atom. The van der Waals surface area contributed by atoms with Gasteiger partial charge in [0.2, 0.25) is 0 Å². The molecule has 5 heteroatoms. The smallest absolute Gasteiger partial charge is 0.336 e. The monoisotopic (exact) mass is 378 g/mol. The predicted octanol–water partition coefficient (Wildman–Crippen LogP) is 5.65. The standard InChI is InChI=1S/C16H11BrO2S2/c17-11-5-6-13(16(18)19)15(7-11)21-9-10-8-20-14-4-2-1-3-12(10)14/h1-8H,9H2,(H,18,19). The molecule has 1 N–H and O–H groups in total. The second-order valence-electron chi connectivity index (χ2n) is 4.49. The van der Waals surface area contributed by atoms with Crippen molar-refractivity contribution < 1.29 is 9.90 Å². The van der Waals surface area contributed by atoms with Crippen molar-refractivity contribution in [3.63, 3.8) is 0 Å². The van der Waals surface area contributed by atoms with Gasteiger partial charge in [0.15, 0.2) is 0 Å². The number of thiophene rings is 1. The summed E-state index contributed by atoms with van der Waals surface area (Å²) in [7, 11) is 0. The Morgan fingerprint density at radius 1 is 1.24 bits per heavy atom. The molecule has 0 radical (unpaired) electrons. The molecule has 0 atom stereocenters. The van der Waals surface area contributed by atoms with Crippen LogP contribution in [0.4, 0.5) is 0 Å². The number of hydrogen-bond donors (Lipinski definition) is 1. The van der Waals surface area contributed by atoms with Crippen molar-refractivity contribution in [2.24, 2.45) is 0 Å². The van der Waals surface area contributed by atoms with Gasteiger partial charge < -0.3 is 5.11 Å². The maximum atomic E-state index is 11.3. The fraction of sp³-hybridized carbons (Fsp3) is 0.0625. The number of aromatic carboxylic acids is 1. The Hall–Kier alpha value is -1.30. The molecule has 0 spiro atoms. The molecule has 106 valence electrons. The topological polar surface area (TPSA) is 37.3 Å². The van der Waals surface area contributed by atoms with E-state index in [1.54, 1.807) is 35.2 Å². The summed E-state index contributed by atoms with van der Waals surface area (Å²) in [5.41, 5.74) is 1.60. The van der Waals surface area contributed by atoms with Gasteiger partial charge in [-0.1, -0.05) is 34.1 Å². The van der Waals surface area contributed by atoms with Crippen molar-refractivity contribution in [3.8, 4) is 0 Å². The van der Waals surface area contributed by atoms with Gasteiger partial charge in [-0.15, -0.1) is 23.1 Å². The van der Waals surface area contributed by atoms with Crippen molar-refractivity contribution >= 4 is 55.1 Å². The average Bonchev–Trinajstić information content (AvgIpc) is 2.88. The molecule has 0 unspecified atom stereocenters. The van der Waals surface area contributed by atoms with E-state index < -0.39 is 5.97 Å². The number of hydrogen-bond acceptors (Lipinski definition) is 3. The highest BCUT2D eigenvalue weighted by Gasteiger charge is 2.12. The molecule has 2 aromatic carbocycles. The minimum absolute atomic E-state index is 0.350. The van der Waals surface area contributed by atoms with E-state index in [0.717, 1.165) is 15.1 Å². The molecule has 1 heterocycles. The number of halogens is 1. The van der Waals surface area contributed by atoms with Crippen LogP contribution in [0.15, 0.2) is 57.2 Å². The van der Waals surface area contributed by atoms with Crippen LogP contribution in [0.25, 0.3) is 10.1 Å². The van der Waals surface area contributed by atoms with Crippen molar-refractivity contribution in [3.05, 3.63) is 63.4 Å². The van der Waals surface area contributed by atoms with E-state index in [-0.39, 0.29) is 0 Å². The maximum absolute atomic E-state index is 11.3. The number of fused-ring (bicyclic) bond motifs is 1. The summed E-state index contributed by atoms with van der Waals surface area (Å²) in [5.74, 6) is -0.124. The third-order valence-corrected chi connectivity index (χ3v) is 5.73. The fourth-order valence-corrected chi connectivity index (χ4v) is 4.74. The highest BCUT2D eigenvalue weighted by atomic mass is 79.9. The van der Waals surface area contributed by atoms with Crippen LogP contribution in [0, 0.1) is 0 Å². The van der Waals surface area contributed by atoms with E-state index in [2.05, 4.69) is 33.4 Å². The summed E-state index contributed by atoms with van der Waals surface area (Å²) in [6.45, 7) is 0. The van der Waals surface area contributed by atoms with Crippen LogP contribution >= 0.6 is 39.0 Å². The SMILES string of the molecule is O=C(O)c1ccc(Br)cc1SCc1csc2ccccc12. The third-order valence-electron chi connectivity index (χ3n) is 3.12. The fourth-order valence-electron chi connectivity index (χ4n) is 2.09. The third kappa shape index (κ3) is 3.15. The van der Waals surface area contributed by atoms with Crippen molar-refractivity contribution in [1.29, 1.82) is 0 Å². The van der Waals surface area contributed by atoms with Gasteiger partial charge >= 0.3 is 5.97 Å². The van der Waals surface area contributed by atoms with Gasteiger partial charge in [0, 0.05) is 19.8 Å². The summed E-state index contributed by atoms with van der Waals surface area (Å²) in [4.78, 5) is 12.1. The number of rotatable bonds is 4. The molecule has 0 aliphatic rings. The Kier molecular flexibility index (Phi) is 4.33. The van der Waals surface area contributed by atoms with Gasteiger partial charge in [-0.05, 0) is 40.6 Å². The number of carboxylic acids is 1. The largest absolute Gasteiger partial charge is 0.478 e. The highest BCUT2D eigenvalue weighted by Crippen LogP contribution is 2.33. The summed E-state index contributed by atoms with van der Waals surface area (Å²) < 4.78 is 2.16. The second kappa shape index (κ2) is 6.22. The zero-order valence-corrected chi connectivity index (χ0v) is 14.1. The van der Waals surface area contributed by atoms with E-state index in [1.807, 2.05) is 18.2 Å². The average molecular weight is 379 g/mol. The first-order valence-electron chi connectivity index (χ1n) is 6.26. The lowest BCUT2D eigenvalue weighted by Crippen LogP contribution is -1.98. The second-order valence-corrected chi connectivity index (χ2v) is 7.34. The van der Waals surface area contributed by atoms with Crippen LogP contribution in [0.3, 0.4) is 0 Å². The molecule has 0 bridgehead atoms. The molecule has 0 fully saturated rings. The molecule has 0 saturated carbocycles. The van der Waals surface area contributed by atoms with E-state index in [0.29, 0.717) is 5.56 Å². The van der Waals surface area contributed by atoms with Gasteiger partial charge in [0.05, 0.1) is 5.56 Å². The van der Waals surface area contributed by atoms with E-state index in [9.17, 15) is 9.90 Å². The van der Waals surface area contributed by atoms with Crippen molar-refractivity contribution in [1.82, 2.24) is 0 Å². The van der Waals surface area contributed by atoms with E-state index >= 15 is 0 Å². The molecule has 0 aliphatic heterocycles. The van der Waals surface area contributed by atoms with Gasteiger partial charge in [-0.2, -0.15) is 0 Å². The van der Waals surface area contributed by atoms with Crippen LogP contribution in [0.5, 0.6) is 0 Å². The lowest BCUT2D eigenvalue weighted by molar-refractivity contribution is 0.0693. The van der Waals surface area contributed by atoms with Crippen LogP contribution < -0.4 is 0 Å². The Bertz CT molecular complexity index is 811. The number of thioether (sulfide) groups is 1. The number of carboxylic acid groups (broad SMARTS) is 1. The Balaban J connectivity index is 1.88. The minimum Gasteiger partial charge on any atom is -0.478 e. The lowest BCUT2D eigenvalue weighted by Gasteiger charge is -2.06. The molecule has 21 heavy (non-hydrogen) atoms. The molecule has 0 aliphatic carbocycles. The van der Waals surface area contributed by atoms with Crippen molar-refractivity contribution in [2.75, 3.05) is 0 Å². The molecular weight excluding hydrogens is 368 g/mol. The zero-order valence-electron chi connectivity index (χ0n) is 10.9. The predicted molar refractivity (Wildman–Crippen MR) is 92.5 cm³/mol. The van der Waals surface area contributed by atoms with E-state index in [4.69, 9.17) is 0 Å². The first-order chi connectivity index (χ1) is 10.1. The van der Waals surface area contributed by atoms with Crippen LogP contribution in [0.2, 0.25) is 0 Å². The summed E-state index contributed by atoms with van der Waals surface area (Å²) in [6.07, 6.45) is 0. The van der Waals surface area contributed by atoms with Crippen molar-refractivity contribution in [2.45, 2.75) is 10.6 Å². The first-order valence-corrected chi connectivity index (χ1v) is 8.92.